The fourth-order valence-corrected chi connectivity index (χ4v) is 3.64. The van der Waals surface area contributed by atoms with Crippen LogP contribution in [0, 0.1) is 12.5 Å². The van der Waals surface area contributed by atoms with Crippen LogP contribution < -0.4 is 44.1 Å². The Hall–Kier alpha value is -3.31. The van der Waals surface area contributed by atoms with E-state index in [2.05, 4.69) is 10.0 Å². The van der Waals surface area contributed by atoms with Crippen LogP contribution in [-0.4, -0.2) is 25.4 Å². The molecule has 3 aromatic rings. The number of benzene rings is 3. The van der Waals surface area contributed by atoms with E-state index in [0.29, 0.717) is 30.2 Å². The van der Waals surface area contributed by atoms with Gasteiger partial charge in [-0.25, -0.2) is 4.85 Å². The molecule has 2 unspecified atom stereocenters. The molecule has 3 aromatic carbocycles. The second kappa shape index (κ2) is 12.4. The van der Waals surface area contributed by atoms with Crippen molar-refractivity contribution in [2.75, 3.05) is 13.7 Å². The third-order valence-electron chi connectivity index (χ3n) is 5.64. The maximum atomic E-state index is 10.9. The van der Waals surface area contributed by atoms with Crippen LogP contribution in [0.1, 0.15) is 29.0 Å². The minimum Gasteiger partial charge on any atom is -0.550 e. The fraction of sp³-hybridized carbons (Fsp3) is 0.222. The zero-order chi connectivity index (χ0) is 23.9. The van der Waals surface area contributed by atoms with Crippen LogP contribution in [0.3, 0.4) is 0 Å². The number of carboxylic acid groups (broad SMARTS) is 1. The minimum absolute atomic E-state index is 0. The van der Waals surface area contributed by atoms with E-state index in [1.54, 1.807) is 12.1 Å². The zero-order valence-corrected chi connectivity index (χ0v) is 21.6. The van der Waals surface area contributed by atoms with Gasteiger partial charge < -0.3 is 24.2 Å². The van der Waals surface area contributed by atoms with Crippen molar-refractivity contribution in [3.05, 3.63) is 101 Å². The summed E-state index contributed by atoms with van der Waals surface area (Å²) in [6.45, 7) is 7.67. The summed E-state index contributed by atoms with van der Waals surface area (Å²) < 4.78 is 11.7. The van der Waals surface area contributed by atoms with Gasteiger partial charge in [0.2, 0.25) is 0 Å². The number of hydrogen-bond acceptors (Lipinski definition) is 6. The average Bonchev–Trinajstić information content (AvgIpc) is 3.68. The molecule has 2 atom stereocenters. The summed E-state index contributed by atoms with van der Waals surface area (Å²) in [5, 5.41) is 15.0. The van der Waals surface area contributed by atoms with Crippen LogP contribution in [-0.2, 0) is 16.2 Å². The smallest absolute Gasteiger partial charge is 0.550 e. The van der Waals surface area contributed by atoms with E-state index >= 15 is 0 Å². The van der Waals surface area contributed by atoms with Crippen molar-refractivity contribution in [2.45, 2.75) is 18.9 Å². The topological polar surface area (TPSA) is 84.5 Å². The Morgan fingerprint density at radius 2 is 1.63 bits per heavy atom. The van der Waals surface area contributed by atoms with Crippen LogP contribution in [0.15, 0.2) is 78.0 Å². The van der Waals surface area contributed by atoms with E-state index in [9.17, 15) is 9.90 Å². The molecule has 1 aliphatic rings. The first-order valence-corrected chi connectivity index (χ1v) is 10.8. The van der Waals surface area contributed by atoms with E-state index in [0.717, 1.165) is 22.4 Å². The Bertz CT molecular complexity index is 1200. The predicted molar refractivity (Wildman–Crippen MR) is 125 cm³/mol. The van der Waals surface area contributed by atoms with Crippen molar-refractivity contribution in [1.29, 1.82) is 0 Å². The van der Waals surface area contributed by atoms with Crippen molar-refractivity contribution in [1.82, 2.24) is 0 Å². The Balaban J connectivity index is 0.00000342. The molecule has 0 aromatic heterocycles. The Kier molecular flexibility index (Phi) is 9.32. The van der Waals surface area contributed by atoms with Gasteiger partial charge in [-0.3, -0.25) is 0 Å². The van der Waals surface area contributed by atoms with Crippen LogP contribution in [0.5, 0.6) is 11.5 Å². The molecule has 172 valence electrons. The number of nitrogens with zero attached hydrogens (tertiary/aromatic N) is 2. The molecule has 0 aliphatic heterocycles. The molecule has 0 bridgehead atoms. The molecule has 4 rings (SSSR count). The van der Waals surface area contributed by atoms with E-state index in [-0.39, 0.29) is 48.0 Å². The van der Waals surface area contributed by atoms with Crippen LogP contribution >= 0.6 is 0 Å². The molecule has 35 heavy (non-hydrogen) atoms. The third kappa shape index (κ3) is 7.09. The van der Waals surface area contributed by atoms with Gasteiger partial charge in [0.1, 0.15) is 37.5 Å². The standard InChI is InChI=1S/C27H24N2O5.Na/c1-28-21-9-5-20(6-10-21)26(29-32-2)17-34-22-11-3-18(4-12-22)16-33-23-13-7-19(8-14-23)24-15-25(24)27(30)31;/h3-14,24-25H,15-17H2,2H3,(H,30,31);/q;+1/p-1/b29-26+;. The maximum absolute atomic E-state index is 10.9. The first-order chi connectivity index (χ1) is 16.6. The Labute approximate surface area is 226 Å². The van der Waals surface area contributed by atoms with Crippen molar-refractivity contribution >= 4 is 17.4 Å². The molecule has 0 spiro atoms. The largest absolute Gasteiger partial charge is 1.00 e. The van der Waals surface area contributed by atoms with E-state index in [1.165, 1.54) is 7.11 Å². The van der Waals surface area contributed by atoms with Gasteiger partial charge in [0.05, 0.1) is 6.57 Å². The predicted octanol–water partition coefficient (Wildman–Crippen LogP) is 1.10. The number of ether oxygens (including phenoxy) is 2. The van der Waals surface area contributed by atoms with Crippen LogP contribution in [0.2, 0.25) is 0 Å². The number of rotatable bonds is 10. The second-order valence-corrected chi connectivity index (χ2v) is 7.94. The number of carbonyl (C=O) groups excluding carboxylic acids is 1. The molecule has 7 nitrogen and oxygen atoms in total. The summed E-state index contributed by atoms with van der Waals surface area (Å²) >= 11 is 0. The molecular formula is C27H23N2NaO5. The van der Waals surface area contributed by atoms with Crippen LogP contribution in [0.25, 0.3) is 4.85 Å². The van der Waals surface area contributed by atoms with Gasteiger partial charge in [0, 0.05) is 17.5 Å². The van der Waals surface area contributed by atoms with E-state index in [1.807, 2.05) is 60.7 Å². The van der Waals surface area contributed by atoms with E-state index in [4.69, 9.17) is 20.9 Å². The van der Waals surface area contributed by atoms with Crippen molar-refractivity contribution < 1.29 is 53.8 Å². The van der Waals surface area contributed by atoms with Gasteiger partial charge in [0.15, 0.2) is 5.69 Å². The van der Waals surface area contributed by atoms with Gasteiger partial charge in [-0.1, -0.05) is 53.7 Å². The van der Waals surface area contributed by atoms with Gasteiger partial charge in [-0.05, 0) is 47.7 Å². The first kappa shape index (κ1) is 26.3. The number of carboxylic acids is 1. The zero-order valence-electron chi connectivity index (χ0n) is 19.6. The number of aliphatic carboxylic acids is 1. The molecule has 0 N–H and O–H groups in total. The number of hydrogen-bond donors (Lipinski definition) is 0. The fourth-order valence-electron chi connectivity index (χ4n) is 3.64. The Morgan fingerprint density at radius 1 is 1.00 bits per heavy atom. The summed E-state index contributed by atoms with van der Waals surface area (Å²) in [6, 6.07) is 22.2. The van der Waals surface area contributed by atoms with Crippen molar-refractivity contribution in [3.8, 4) is 11.5 Å². The normalized spacial score (nSPS) is 16.4. The minimum atomic E-state index is -0.977. The number of oxime groups is 1. The van der Waals surface area contributed by atoms with Gasteiger partial charge in [0.25, 0.3) is 0 Å². The molecular weight excluding hydrogens is 455 g/mol. The summed E-state index contributed by atoms with van der Waals surface area (Å²) in [7, 11) is 1.48. The maximum Gasteiger partial charge on any atom is 1.00 e. The average molecular weight is 478 g/mol. The summed E-state index contributed by atoms with van der Waals surface area (Å²) in [6.07, 6.45) is 0.643. The SMILES string of the molecule is [C-]#[N+]c1ccc(/C(COc2ccc(COc3ccc(C4CC4C(=O)[O-])cc3)cc2)=N/OC)cc1.[Na+]. The molecule has 1 fully saturated rings. The molecule has 1 aliphatic carbocycles. The first-order valence-electron chi connectivity index (χ1n) is 10.8. The number of carbonyl (C=O) groups is 1. The van der Waals surface area contributed by atoms with E-state index < -0.39 is 5.97 Å². The van der Waals surface area contributed by atoms with Crippen LogP contribution in [0.4, 0.5) is 5.69 Å². The molecule has 0 amide bonds. The molecule has 0 radical (unpaired) electrons. The molecule has 1 saturated carbocycles. The summed E-state index contributed by atoms with van der Waals surface area (Å²) in [5.74, 6) is 0.116. The monoisotopic (exact) mass is 478 g/mol. The quantitative estimate of drug-likeness (QED) is 0.189. The van der Waals surface area contributed by atoms with Gasteiger partial charge >= 0.3 is 29.6 Å². The van der Waals surface area contributed by atoms with Gasteiger partial charge in [-0.2, -0.15) is 0 Å². The third-order valence-corrected chi connectivity index (χ3v) is 5.64. The van der Waals surface area contributed by atoms with Gasteiger partial charge in [-0.15, -0.1) is 0 Å². The van der Waals surface area contributed by atoms with Crippen molar-refractivity contribution in [3.63, 3.8) is 0 Å². The second-order valence-electron chi connectivity index (χ2n) is 7.94. The Morgan fingerprint density at radius 3 is 2.20 bits per heavy atom. The van der Waals surface area contributed by atoms with Crippen molar-refractivity contribution in [2.24, 2.45) is 11.1 Å². The summed E-state index contributed by atoms with van der Waals surface area (Å²) in [5.41, 5.74) is 3.98. The summed E-state index contributed by atoms with van der Waals surface area (Å²) in [4.78, 5) is 19.2. The molecule has 0 saturated heterocycles. The molecule has 8 heteroatoms. The molecule has 0 heterocycles.